The highest BCUT2D eigenvalue weighted by molar-refractivity contribution is 5.73. The lowest BCUT2D eigenvalue weighted by atomic mass is 10.1. The lowest BCUT2D eigenvalue weighted by molar-refractivity contribution is 0.355. The van der Waals surface area contributed by atoms with Crippen molar-refractivity contribution in [2.24, 2.45) is 0 Å². The fourth-order valence-corrected chi connectivity index (χ4v) is 1.15. The van der Waals surface area contributed by atoms with Crippen molar-refractivity contribution >= 4 is 5.57 Å². The van der Waals surface area contributed by atoms with Crippen LogP contribution in [0.2, 0.25) is 0 Å². The van der Waals surface area contributed by atoms with Crippen LogP contribution in [0.25, 0.3) is 5.57 Å². The number of hydrogen-bond donors (Lipinski definition) is 0. The fraction of sp³-hybridized carbons (Fsp3) is 0.167. The summed E-state index contributed by atoms with van der Waals surface area (Å²) in [5.74, 6) is 1.42. The van der Waals surface area contributed by atoms with Gasteiger partial charge in [-0.1, -0.05) is 25.3 Å². The summed E-state index contributed by atoms with van der Waals surface area (Å²) < 4.78 is 10.3. The summed E-state index contributed by atoms with van der Waals surface area (Å²) in [6.45, 7) is 7.52. The Morgan fingerprint density at radius 1 is 1.21 bits per heavy atom. The van der Waals surface area contributed by atoms with Crippen LogP contribution >= 0.6 is 0 Å². The van der Waals surface area contributed by atoms with Crippen molar-refractivity contribution in [3.05, 3.63) is 43.0 Å². The van der Waals surface area contributed by atoms with Crippen LogP contribution in [0.15, 0.2) is 37.4 Å². The van der Waals surface area contributed by atoms with E-state index < -0.39 is 0 Å². The lowest BCUT2D eigenvalue weighted by Gasteiger charge is -2.09. The van der Waals surface area contributed by atoms with Gasteiger partial charge in [-0.05, 0) is 23.3 Å². The Bertz CT molecular complexity index is 353. The molecule has 2 heteroatoms. The minimum absolute atomic E-state index is 0.702. The molecule has 0 bridgehead atoms. The summed E-state index contributed by atoms with van der Waals surface area (Å²) in [4.78, 5) is 0. The zero-order valence-electron chi connectivity index (χ0n) is 8.54. The Kier molecular flexibility index (Phi) is 3.35. The standard InChI is InChI=1S/C12H14O2/c1-5-9(2)10-6-7-11(13-3)12(8-10)14-4/h5-8H,1-2H2,3-4H3. The first kappa shape index (κ1) is 10.4. The first-order valence-corrected chi connectivity index (χ1v) is 4.26. The van der Waals surface area contributed by atoms with E-state index in [2.05, 4.69) is 13.2 Å². The maximum atomic E-state index is 5.17. The molecule has 0 aliphatic carbocycles. The van der Waals surface area contributed by atoms with Gasteiger partial charge in [0.25, 0.3) is 0 Å². The van der Waals surface area contributed by atoms with Crippen molar-refractivity contribution in [1.82, 2.24) is 0 Å². The van der Waals surface area contributed by atoms with Crippen LogP contribution in [0.1, 0.15) is 5.56 Å². The van der Waals surface area contributed by atoms with Gasteiger partial charge in [0.1, 0.15) is 0 Å². The van der Waals surface area contributed by atoms with Gasteiger partial charge in [-0.2, -0.15) is 0 Å². The largest absolute Gasteiger partial charge is 0.493 e. The smallest absolute Gasteiger partial charge is 0.161 e. The Labute approximate surface area is 84.5 Å². The van der Waals surface area contributed by atoms with Crippen LogP contribution in [0.5, 0.6) is 11.5 Å². The highest BCUT2D eigenvalue weighted by Crippen LogP contribution is 2.29. The monoisotopic (exact) mass is 190 g/mol. The van der Waals surface area contributed by atoms with Crippen molar-refractivity contribution in [1.29, 1.82) is 0 Å². The molecule has 1 aromatic carbocycles. The summed E-state index contributed by atoms with van der Waals surface area (Å²) in [5.41, 5.74) is 1.85. The highest BCUT2D eigenvalue weighted by Gasteiger charge is 2.04. The van der Waals surface area contributed by atoms with E-state index in [4.69, 9.17) is 9.47 Å². The SMILES string of the molecule is C=CC(=C)c1ccc(OC)c(OC)c1. The Balaban J connectivity index is 3.13. The molecule has 0 heterocycles. The molecule has 0 aliphatic rings. The Hall–Kier alpha value is -1.70. The molecule has 0 N–H and O–H groups in total. The number of allylic oxidation sites excluding steroid dienone is 2. The summed E-state index contributed by atoms with van der Waals surface area (Å²) in [7, 11) is 3.22. The van der Waals surface area contributed by atoms with Gasteiger partial charge in [-0.15, -0.1) is 0 Å². The molecule has 0 saturated carbocycles. The van der Waals surface area contributed by atoms with Gasteiger partial charge in [0, 0.05) is 0 Å². The maximum absolute atomic E-state index is 5.17. The first-order valence-electron chi connectivity index (χ1n) is 4.26. The van der Waals surface area contributed by atoms with E-state index in [-0.39, 0.29) is 0 Å². The summed E-state index contributed by atoms with van der Waals surface area (Å²) >= 11 is 0. The van der Waals surface area contributed by atoms with Crippen molar-refractivity contribution in [2.45, 2.75) is 0 Å². The van der Waals surface area contributed by atoms with Gasteiger partial charge in [0.2, 0.25) is 0 Å². The molecule has 1 aromatic rings. The van der Waals surface area contributed by atoms with Gasteiger partial charge in [0.15, 0.2) is 11.5 Å². The predicted molar refractivity (Wildman–Crippen MR) is 58.8 cm³/mol. The van der Waals surface area contributed by atoms with Crippen LogP contribution < -0.4 is 9.47 Å². The van der Waals surface area contributed by atoms with E-state index in [0.717, 1.165) is 11.1 Å². The van der Waals surface area contributed by atoms with E-state index in [9.17, 15) is 0 Å². The molecule has 0 saturated heterocycles. The van der Waals surface area contributed by atoms with Gasteiger partial charge < -0.3 is 9.47 Å². The maximum Gasteiger partial charge on any atom is 0.161 e. The molecular weight excluding hydrogens is 176 g/mol. The van der Waals surface area contributed by atoms with E-state index in [0.29, 0.717) is 11.5 Å². The molecule has 0 amide bonds. The van der Waals surface area contributed by atoms with Gasteiger partial charge in [-0.3, -0.25) is 0 Å². The quantitative estimate of drug-likeness (QED) is 0.680. The van der Waals surface area contributed by atoms with Crippen molar-refractivity contribution in [2.75, 3.05) is 14.2 Å². The number of ether oxygens (including phenoxy) is 2. The second-order valence-corrected chi connectivity index (χ2v) is 2.80. The zero-order chi connectivity index (χ0) is 10.6. The molecular formula is C12H14O2. The number of rotatable bonds is 4. The third-order valence-electron chi connectivity index (χ3n) is 2.00. The lowest BCUT2D eigenvalue weighted by Crippen LogP contribution is -1.91. The third kappa shape index (κ3) is 1.96. The van der Waals surface area contributed by atoms with Crippen LogP contribution in [0.4, 0.5) is 0 Å². The second-order valence-electron chi connectivity index (χ2n) is 2.80. The Morgan fingerprint density at radius 3 is 2.36 bits per heavy atom. The molecule has 74 valence electrons. The van der Waals surface area contributed by atoms with Crippen LogP contribution in [-0.4, -0.2) is 14.2 Å². The van der Waals surface area contributed by atoms with Crippen molar-refractivity contribution < 1.29 is 9.47 Å². The highest BCUT2D eigenvalue weighted by atomic mass is 16.5. The second kappa shape index (κ2) is 4.51. The minimum Gasteiger partial charge on any atom is -0.493 e. The van der Waals surface area contributed by atoms with Crippen LogP contribution in [-0.2, 0) is 0 Å². The molecule has 0 aromatic heterocycles. The molecule has 0 aliphatic heterocycles. The first-order chi connectivity index (χ1) is 6.72. The van der Waals surface area contributed by atoms with E-state index in [1.807, 2.05) is 18.2 Å². The van der Waals surface area contributed by atoms with E-state index >= 15 is 0 Å². The normalized spacial score (nSPS) is 9.29. The van der Waals surface area contributed by atoms with E-state index in [1.54, 1.807) is 20.3 Å². The predicted octanol–water partition coefficient (Wildman–Crippen LogP) is 2.90. The van der Waals surface area contributed by atoms with Crippen LogP contribution in [0.3, 0.4) is 0 Å². The van der Waals surface area contributed by atoms with E-state index in [1.165, 1.54) is 0 Å². The molecule has 0 radical (unpaired) electrons. The summed E-state index contributed by atoms with van der Waals surface area (Å²) in [6.07, 6.45) is 1.71. The molecule has 14 heavy (non-hydrogen) atoms. The topological polar surface area (TPSA) is 18.5 Å². The van der Waals surface area contributed by atoms with Gasteiger partial charge in [-0.25, -0.2) is 0 Å². The minimum atomic E-state index is 0.702. The summed E-state index contributed by atoms with van der Waals surface area (Å²) in [6, 6.07) is 5.65. The molecule has 0 unspecified atom stereocenters. The molecule has 0 fully saturated rings. The zero-order valence-corrected chi connectivity index (χ0v) is 8.54. The molecule has 2 nitrogen and oxygen atoms in total. The molecule has 0 spiro atoms. The summed E-state index contributed by atoms with van der Waals surface area (Å²) in [5, 5.41) is 0. The molecule has 1 rings (SSSR count). The third-order valence-corrected chi connectivity index (χ3v) is 2.00. The van der Waals surface area contributed by atoms with Crippen molar-refractivity contribution in [3.8, 4) is 11.5 Å². The van der Waals surface area contributed by atoms with Gasteiger partial charge >= 0.3 is 0 Å². The van der Waals surface area contributed by atoms with Gasteiger partial charge in [0.05, 0.1) is 14.2 Å². The van der Waals surface area contributed by atoms with Crippen molar-refractivity contribution in [3.63, 3.8) is 0 Å². The van der Waals surface area contributed by atoms with Crippen LogP contribution in [0, 0.1) is 0 Å². The fourth-order valence-electron chi connectivity index (χ4n) is 1.15. The number of methoxy groups -OCH3 is 2. The Morgan fingerprint density at radius 2 is 1.86 bits per heavy atom. The molecule has 0 atom stereocenters. The number of hydrogen-bond acceptors (Lipinski definition) is 2. The average molecular weight is 190 g/mol. The average Bonchev–Trinajstić information content (AvgIpc) is 2.26. The number of benzene rings is 1.